The van der Waals surface area contributed by atoms with Gasteiger partial charge in [0.05, 0.1) is 0 Å². The second kappa shape index (κ2) is 4.74. The highest BCUT2D eigenvalue weighted by molar-refractivity contribution is 6.34. The summed E-state index contributed by atoms with van der Waals surface area (Å²) in [5.74, 6) is -2.06. The van der Waals surface area contributed by atoms with Crippen LogP contribution >= 0.6 is 0 Å². The maximum absolute atomic E-state index is 13.0. The zero-order chi connectivity index (χ0) is 12.3. The molecule has 0 atom stereocenters. The van der Waals surface area contributed by atoms with Crippen LogP contribution in [0.25, 0.3) is 0 Å². The van der Waals surface area contributed by atoms with Gasteiger partial charge < -0.3 is 10.6 Å². The van der Waals surface area contributed by atoms with Gasteiger partial charge >= 0.3 is 11.8 Å². The number of primary amides is 1. The van der Waals surface area contributed by atoms with E-state index in [0.717, 1.165) is 5.56 Å². The summed E-state index contributed by atoms with van der Waals surface area (Å²) in [6.07, 6.45) is 0. The molecule has 0 aliphatic heterocycles. The number of amides is 2. The van der Waals surface area contributed by atoms with Gasteiger partial charge in [0.1, 0.15) is 5.82 Å². The van der Waals surface area contributed by atoms with Crippen molar-refractivity contribution in [3.63, 3.8) is 0 Å². The highest BCUT2D eigenvalue weighted by atomic mass is 19.1. The molecule has 0 radical (unpaired) electrons. The Morgan fingerprint density at radius 1 is 1.44 bits per heavy atom. The summed E-state index contributed by atoms with van der Waals surface area (Å²) >= 11 is 0. The maximum Gasteiger partial charge on any atom is 0.311 e. The number of nitrogens with two attached hydrogens (primary N) is 1. The number of hydrogen-bond acceptors (Lipinski definition) is 2. The van der Waals surface area contributed by atoms with Gasteiger partial charge in [-0.3, -0.25) is 9.59 Å². The van der Waals surface area contributed by atoms with Gasteiger partial charge in [-0.15, -0.1) is 0 Å². The van der Waals surface area contributed by atoms with E-state index in [2.05, 4.69) is 0 Å². The monoisotopic (exact) mass is 224 g/mol. The zero-order valence-corrected chi connectivity index (χ0v) is 9.16. The molecule has 0 saturated carbocycles. The fourth-order valence-electron chi connectivity index (χ4n) is 1.34. The van der Waals surface area contributed by atoms with Crippen LogP contribution in [0.4, 0.5) is 4.39 Å². The van der Waals surface area contributed by atoms with E-state index >= 15 is 0 Å². The molecule has 1 rings (SSSR count). The fourth-order valence-corrected chi connectivity index (χ4v) is 1.34. The summed E-state index contributed by atoms with van der Waals surface area (Å²) in [5.41, 5.74) is 6.10. The Balaban J connectivity index is 2.77. The Morgan fingerprint density at radius 3 is 2.56 bits per heavy atom. The van der Waals surface area contributed by atoms with Crippen LogP contribution in [-0.2, 0) is 16.1 Å². The topological polar surface area (TPSA) is 63.4 Å². The van der Waals surface area contributed by atoms with Crippen LogP contribution in [0.5, 0.6) is 0 Å². The number of nitrogens with zero attached hydrogens (tertiary/aromatic N) is 1. The number of hydrogen-bond donors (Lipinski definition) is 1. The number of rotatable bonds is 2. The smallest absolute Gasteiger partial charge is 0.311 e. The van der Waals surface area contributed by atoms with Gasteiger partial charge in [-0.2, -0.15) is 0 Å². The van der Waals surface area contributed by atoms with Crippen LogP contribution in [0.2, 0.25) is 0 Å². The van der Waals surface area contributed by atoms with Crippen molar-refractivity contribution in [3.05, 3.63) is 35.1 Å². The minimum atomic E-state index is -0.999. The van der Waals surface area contributed by atoms with Crippen LogP contribution in [0.15, 0.2) is 18.2 Å². The van der Waals surface area contributed by atoms with Gasteiger partial charge in [-0.1, -0.05) is 12.1 Å². The molecule has 0 saturated heterocycles. The Bertz CT molecular complexity index is 432. The van der Waals surface area contributed by atoms with Crippen molar-refractivity contribution in [3.8, 4) is 0 Å². The molecule has 0 aromatic heterocycles. The minimum absolute atomic E-state index is 0.225. The molecule has 1 aromatic rings. The molecular weight excluding hydrogens is 211 g/mol. The molecule has 16 heavy (non-hydrogen) atoms. The van der Waals surface area contributed by atoms with Gasteiger partial charge in [-0.05, 0) is 24.1 Å². The first-order valence-corrected chi connectivity index (χ1v) is 4.71. The van der Waals surface area contributed by atoms with Crippen molar-refractivity contribution in [2.45, 2.75) is 13.5 Å². The summed E-state index contributed by atoms with van der Waals surface area (Å²) in [7, 11) is 1.46. The first kappa shape index (κ1) is 12.2. The number of carbonyl (C=O) groups excluding carboxylic acids is 2. The molecule has 2 amide bonds. The molecule has 4 nitrogen and oxygen atoms in total. The molecule has 1 aromatic carbocycles. The number of carbonyl (C=O) groups is 2. The molecular formula is C11H13FN2O2. The third-order valence-electron chi connectivity index (χ3n) is 2.20. The lowest BCUT2D eigenvalue weighted by atomic mass is 10.1. The van der Waals surface area contributed by atoms with Crippen molar-refractivity contribution >= 4 is 11.8 Å². The van der Waals surface area contributed by atoms with Gasteiger partial charge in [-0.25, -0.2) is 4.39 Å². The third-order valence-corrected chi connectivity index (χ3v) is 2.20. The van der Waals surface area contributed by atoms with E-state index in [0.29, 0.717) is 5.56 Å². The second-order valence-electron chi connectivity index (χ2n) is 3.61. The van der Waals surface area contributed by atoms with Gasteiger partial charge in [0.2, 0.25) is 0 Å². The largest absolute Gasteiger partial charge is 0.361 e. The standard InChI is InChI=1S/C11H13FN2O2/c1-7-5-8(3-4-9(7)12)6-14(2)11(16)10(13)15/h3-5H,6H2,1-2H3,(H2,13,15). The SMILES string of the molecule is Cc1cc(CN(C)C(=O)C(N)=O)ccc1F. The van der Waals surface area contributed by atoms with Crippen LogP contribution in [0, 0.1) is 12.7 Å². The Kier molecular flexibility index (Phi) is 3.60. The van der Waals surface area contributed by atoms with Crippen LogP contribution in [-0.4, -0.2) is 23.8 Å². The molecule has 0 spiro atoms. The third kappa shape index (κ3) is 2.79. The predicted octanol–water partition coefficient (Wildman–Crippen LogP) is 0.578. The molecule has 0 unspecified atom stereocenters. The Hall–Kier alpha value is -1.91. The van der Waals surface area contributed by atoms with Crippen LogP contribution < -0.4 is 5.73 Å². The summed E-state index contributed by atoms with van der Waals surface area (Å²) < 4.78 is 13.0. The molecule has 86 valence electrons. The van der Waals surface area contributed by atoms with Crippen molar-refractivity contribution < 1.29 is 14.0 Å². The molecule has 0 aliphatic rings. The van der Waals surface area contributed by atoms with Crippen molar-refractivity contribution in [2.24, 2.45) is 5.73 Å². The average Bonchev–Trinajstić information content (AvgIpc) is 2.22. The number of aryl methyl sites for hydroxylation is 1. The molecule has 2 N–H and O–H groups in total. The van der Waals surface area contributed by atoms with Crippen LogP contribution in [0.1, 0.15) is 11.1 Å². The molecule has 0 aliphatic carbocycles. The molecule has 0 bridgehead atoms. The van der Waals surface area contributed by atoms with Gasteiger partial charge in [0, 0.05) is 13.6 Å². The molecule has 0 heterocycles. The van der Waals surface area contributed by atoms with Crippen LogP contribution in [0.3, 0.4) is 0 Å². The van der Waals surface area contributed by atoms with Crippen molar-refractivity contribution in [2.75, 3.05) is 7.05 Å². The minimum Gasteiger partial charge on any atom is -0.361 e. The normalized spacial score (nSPS) is 9.94. The van der Waals surface area contributed by atoms with Gasteiger partial charge in [0.15, 0.2) is 0 Å². The zero-order valence-electron chi connectivity index (χ0n) is 9.16. The number of halogens is 1. The first-order chi connectivity index (χ1) is 7.41. The molecule has 0 fully saturated rings. The maximum atomic E-state index is 13.0. The van der Waals surface area contributed by atoms with E-state index in [4.69, 9.17) is 5.73 Å². The van der Waals surface area contributed by atoms with E-state index in [9.17, 15) is 14.0 Å². The average molecular weight is 224 g/mol. The summed E-state index contributed by atoms with van der Waals surface area (Å²) in [6.45, 7) is 1.86. The Labute approximate surface area is 92.8 Å². The number of likely N-dealkylation sites (N-methyl/N-ethyl adjacent to an activating group) is 1. The van der Waals surface area contributed by atoms with Gasteiger partial charge in [0.25, 0.3) is 0 Å². The summed E-state index contributed by atoms with van der Waals surface area (Å²) in [5, 5.41) is 0. The van der Waals surface area contributed by atoms with E-state index < -0.39 is 11.8 Å². The molecule has 5 heteroatoms. The first-order valence-electron chi connectivity index (χ1n) is 4.71. The summed E-state index contributed by atoms with van der Waals surface area (Å²) in [6, 6.07) is 4.51. The highest BCUT2D eigenvalue weighted by Crippen LogP contribution is 2.10. The van der Waals surface area contributed by atoms with Crippen molar-refractivity contribution in [1.82, 2.24) is 4.90 Å². The van der Waals surface area contributed by atoms with E-state index in [-0.39, 0.29) is 12.4 Å². The van der Waals surface area contributed by atoms with E-state index in [1.165, 1.54) is 18.0 Å². The highest BCUT2D eigenvalue weighted by Gasteiger charge is 2.15. The van der Waals surface area contributed by atoms with Crippen molar-refractivity contribution in [1.29, 1.82) is 0 Å². The summed E-state index contributed by atoms with van der Waals surface area (Å²) in [4.78, 5) is 23.0. The Morgan fingerprint density at radius 2 is 2.06 bits per heavy atom. The number of benzene rings is 1. The van der Waals surface area contributed by atoms with E-state index in [1.54, 1.807) is 19.1 Å². The van der Waals surface area contributed by atoms with E-state index in [1.807, 2.05) is 0 Å². The fraction of sp³-hybridized carbons (Fsp3) is 0.273. The second-order valence-corrected chi connectivity index (χ2v) is 3.61. The lowest BCUT2D eigenvalue weighted by molar-refractivity contribution is -0.143. The lowest BCUT2D eigenvalue weighted by Crippen LogP contribution is -2.37. The predicted molar refractivity (Wildman–Crippen MR) is 56.8 cm³/mol. The lowest BCUT2D eigenvalue weighted by Gasteiger charge is -2.15. The quantitative estimate of drug-likeness (QED) is 0.747.